The molecule has 0 unspecified atom stereocenters. The number of hydrogen-bond acceptors (Lipinski definition) is 6. The molecule has 9 nitrogen and oxygen atoms in total. The molecule has 168 valence electrons. The van der Waals surface area contributed by atoms with Crippen molar-refractivity contribution in [2.75, 3.05) is 17.7 Å². The largest absolute Gasteiger partial charge is 0.373 e. The predicted molar refractivity (Wildman–Crippen MR) is 115 cm³/mol. The Morgan fingerprint density at radius 3 is 2.72 bits per heavy atom. The SMILES string of the molecule is CNc1cc(Nc2cccn([C@H]3C[C@H](F)C3)c2=O)nc2c(C(=O)N[C@H]3CC[C@@H]3F)cnn12. The lowest BCUT2D eigenvalue weighted by Crippen LogP contribution is -2.48. The van der Waals surface area contributed by atoms with Crippen molar-refractivity contribution in [2.24, 2.45) is 0 Å². The van der Waals surface area contributed by atoms with Gasteiger partial charge in [0.15, 0.2) is 5.65 Å². The zero-order chi connectivity index (χ0) is 22.4. The van der Waals surface area contributed by atoms with E-state index in [2.05, 4.69) is 26.0 Å². The van der Waals surface area contributed by atoms with E-state index in [1.165, 1.54) is 15.3 Å². The van der Waals surface area contributed by atoms with Gasteiger partial charge in [-0.3, -0.25) is 9.59 Å². The normalized spacial score (nSPS) is 24.5. The Morgan fingerprint density at radius 2 is 2.06 bits per heavy atom. The molecule has 2 saturated carbocycles. The van der Waals surface area contributed by atoms with Crippen LogP contribution in [0, 0.1) is 0 Å². The molecule has 1 amide bonds. The topological polar surface area (TPSA) is 105 Å². The van der Waals surface area contributed by atoms with Crippen LogP contribution in [0.2, 0.25) is 0 Å². The molecule has 0 saturated heterocycles. The van der Waals surface area contributed by atoms with Crippen LogP contribution in [0.1, 0.15) is 42.1 Å². The number of pyridine rings is 1. The maximum Gasteiger partial charge on any atom is 0.274 e. The number of amides is 1. The maximum atomic E-state index is 13.6. The highest BCUT2D eigenvalue weighted by Crippen LogP contribution is 2.33. The summed E-state index contributed by atoms with van der Waals surface area (Å²) in [5.41, 5.74) is 0.483. The molecular weight excluding hydrogens is 420 g/mol. The van der Waals surface area contributed by atoms with E-state index in [1.54, 1.807) is 31.4 Å². The Balaban J connectivity index is 1.46. The van der Waals surface area contributed by atoms with E-state index in [-0.39, 0.29) is 28.5 Å². The number of nitrogens with zero attached hydrogens (tertiary/aromatic N) is 4. The van der Waals surface area contributed by atoms with Gasteiger partial charge in [-0.2, -0.15) is 9.61 Å². The lowest BCUT2D eigenvalue weighted by atomic mass is 9.90. The summed E-state index contributed by atoms with van der Waals surface area (Å²) in [6.45, 7) is 0. The van der Waals surface area contributed by atoms with Crippen LogP contribution >= 0.6 is 0 Å². The molecule has 0 spiro atoms. The van der Waals surface area contributed by atoms with Gasteiger partial charge in [0.25, 0.3) is 11.5 Å². The molecule has 5 rings (SSSR count). The van der Waals surface area contributed by atoms with Crippen molar-refractivity contribution < 1.29 is 13.6 Å². The minimum Gasteiger partial charge on any atom is -0.373 e. The van der Waals surface area contributed by atoms with Gasteiger partial charge in [-0.25, -0.2) is 13.8 Å². The average molecular weight is 443 g/mol. The highest BCUT2D eigenvalue weighted by molar-refractivity contribution is 6.00. The first kappa shape index (κ1) is 20.4. The predicted octanol–water partition coefficient (Wildman–Crippen LogP) is 2.58. The monoisotopic (exact) mass is 443 g/mol. The van der Waals surface area contributed by atoms with Crippen LogP contribution < -0.4 is 21.5 Å². The Kier molecular flexibility index (Phi) is 5.03. The zero-order valence-corrected chi connectivity index (χ0v) is 17.4. The van der Waals surface area contributed by atoms with E-state index in [0.717, 1.165) is 0 Å². The van der Waals surface area contributed by atoms with Crippen LogP contribution in [0.15, 0.2) is 35.4 Å². The second kappa shape index (κ2) is 7.88. The van der Waals surface area contributed by atoms with Gasteiger partial charge in [-0.05, 0) is 37.8 Å². The molecule has 32 heavy (non-hydrogen) atoms. The number of anilines is 3. The minimum absolute atomic E-state index is 0.154. The number of carbonyl (C=O) groups is 1. The number of hydrogen-bond donors (Lipinski definition) is 3. The highest BCUT2D eigenvalue weighted by Gasteiger charge is 2.33. The molecule has 3 aromatic rings. The molecule has 2 atom stereocenters. The quantitative estimate of drug-likeness (QED) is 0.541. The molecule has 0 bridgehead atoms. The third kappa shape index (κ3) is 3.47. The fraction of sp³-hybridized carbons (Fsp3) is 0.429. The maximum absolute atomic E-state index is 13.6. The second-order valence-corrected chi connectivity index (χ2v) is 8.23. The lowest BCUT2D eigenvalue weighted by molar-refractivity contribution is 0.0826. The van der Waals surface area contributed by atoms with Crippen molar-refractivity contribution in [3.8, 4) is 0 Å². The Bertz CT molecular complexity index is 1230. The summed E-state index contributed by atoms with van der Waals surface area (Å²) >= 11 is 0. The van der Waals surface area contributed by atoms with Gasteiger partial charge in [-0.15, -0.1) is 0 Å². The van der Waals surface area contributed by atoms with Gasteiger partial charge in [0, 0.05) is 25.4 Å². The van der Waals surface area contributed by atoms with E-state index >= 15 is 0 Å². The summed E-state index contributed by atoms with van der Waals surface area (Å²) in [6, 6.07) is 4.34. The van der Waals surface area contributed by atoms with Crippen molar-refractivity contribution >= 4 is 28.9 Å². The van der Waals surface area contributed by atoms with Gasteiger partial charge in [0.2, 0.25) is 0 Å². The van der Waals surface area contributed by atoms with Gasteiger partial charge in [0.1, 0.15) is 35.2 Å². The number of rotatable bonds is 6. The second-order valence-electron chi connectivity index (χ2n) is 8.23. The van der Waals surface area contributed by atoms with Crippen molar-refractivity contribution in [2.45, 2.75) is 50.1 Å². The molecule has 0 aromatic carbocycles. The first-order valence-electron chi connectivity index (χ1n) is 10.6. The third-order valence-corrected chi connectivity index (χ3v) is 6.17. The molecule has 2 aliphatic rings. The van der Waals surface area contributed by atoms with E-state index in [9.17, 15) is 18.4 Å². The van der Waals surface area contributed by atoms with Crippen molar-refractivity contribution in [1.82, 2.24) is 24.5 Å². The zero-order valence-electron chi connectivity index (χ0n) is 17.4. The smallest absolute Gasteiger partial charge is 0.274 e. The van der Waals surface area contributed by atoms with Gasteiger partial charge in [0.05, 0.1) is 12.2 Å². The molecule has 0 radical (unpaired) electrons. The summed E-state index contributed by atoms with van der Waals surface area (Å²) in [5.74, 6) is 0.418. The summed E-state index contributed by atoms with van der Waals surface area (Å²) in [5, 5.41) is 12.9. The highest BCUT2D eigenvalue weighted by atomic mass is 19.1. The fourth-order valence-corrected chi connectivity index (χ4v) is 4.01. The van der Waals surface area contributed by atoms with Crippen LogP contribution in [-0.4, -0.2) is 50.5 Å². The molecule has 11 heteroatoms. The average Bonchev–Trinajstić information content (AvgIpc) is 3.19. The Morgan fingerprint density at radius 1 is 1.25 bits per heavy atom. The lowest BCUT2D eigenvalue weighted by Gasteiger charge is -2.31. The number of halogens is 2. The summed E-state index contributed by atoms with van der Waals surface area (Å²) in [7, 11) is 1.70. The molecule has 3 N–H and O–H groups in total. The summed E-state index contributed by atoms with van der Waals surface area (Å²) < 4.78 is 29.8. The van der Waals surface area contributed by atoms with Gasteiger partial charge >= 0.3 is 0 Å². The van der Waals surface area contributed by atoms with E-state index in [4.69, 9.17) is 0 Å². The Hall–Kier alpha value is -3.50. The molecule has 0 aliphatic heterocycles. The van der Waals surface area contributed by atoms with Crippen LogP contribution in [0.5, 0.6) is 0 Å². The number of nitrogens with one attached hydrogen (secondary N) is 3. The first-order chi connectivity index (χ1) is 15.4. The van der Waals surface area contributed by atoms with Crippen LogP contribution in [0.25, 0.3) is 5.65 Å². The van der Waals surface area contributed by atoms with Gasteiger partial charge in [-0.1, -0.05) is 0 Å². The van der Waals surface area contributed by atoms with Crippen molar-refractivity contribution in [3.63, 3.8) is 0 Å². The van der Waals surface area contributed by atoms with E-state index in [0.29, 0.717) is 37.3 Å². The number of alkyl halides is 2. The number of aromatic nitrogens is 4. The molecule has 2 fully saturated rings. The molecule has 3 aromatic heterocycles. The Labute approximate surface area is 181 Å². The molecular formula is C21H23F2N7O2. The first-order valence-corrected chi connectivity index (χ1v) is 10.6. The minimum atomic E-state index is -1.04. The van der Waals surface area contributed by atoms with E-state index in [1.807, 2.05) is 0 Å². The fourth-order valence-electron chi connectivity index (χ4n) is 4.01. The van der Waals surface area contributed by atoms with E-state index < -0.39 is 24.3 Å². The standard InChI is InChI=1S/C21H23F2N7O2/c1-24-18-9-17(26-16-3-2-6-29(21(16)32)12-7-11(22)8-12)28-19-13(10-25-30(18)19)20(31)27-15-5-4-14(15)23/h2-3,6,9-12,14-15,24H,4-5,7-8H2,1H3,(H,26,28)(H,27,31)/t11-,12-,14-,15-/m0/s1. The van der Waals surface area contributed by atoms with Crippen molar-refractivity contribution in [3.05, 3.63) is 46.5 Å². The molecule has 3 heterocycles. The van der Waals surface area contributed by atoms with Crippen LogP contribution in [-0.2, 0) is 0 Å². The van der Waals surface area contributed by atoms with Gasteiger partial charge < -0.3 is 20.5 Å². The van der Waals surface area contributed by atoms with Crippen LogP contribution in [0.3, 0.4) is 0 Å². The third-order valence-electron chi connectivity index (χ3n) is 6.17. The van der Waals surface area contributed by atoms with Crippen molar-refractivity contribution in [1.29, 1.82) is 0 Å². The number of carbonyl (C=O) groups excluding carboxylic acids is 1. The summed E-state index contributed by atoms with van der Waals surface area (Å²) in [4.78, 5) is 30.0. The summed E-state index contributed by atoms with van der Waals surface area (Å²) in [6.07, 6.45) is 2.81. The molecule has 2 aliphatic carbocycles. The van der Waals surface area contributed by atoms with Crippen LogP contribution in [0.4, 0.5) is 26.1 Å². The number of fused-ring (bicyclic) bond motifs is 1.